The van der Waals surface area contributed by atoms with Crippen LogP contribution in [0.2, 0.25) is 0 Å². The lowest BCUT2D eigenvalue weighted by molar-refractivity contribution is -0.109. The molecule has 8 aliphatic rings. The third-order valence-electron chi connectivity index (χ3n) is 16.0. The van der Waals surface area contributed by atoms with Crippen LogP contribution in [0.4, 0.5) is 0 Å². The normalized spacial score (nSPS) is 35.1. The second-order valence-electron chi connectivity index (χ2n) is 27.1. The van der Waals surface area contributed by atoms with Gasteiger partial charge in [-0.3, -0.25) is 0 Å². The number of aliphatic imine (C=N–C) groups is 4. The average molecular weight is 1310 g/mol. The first-order valence-electron chi connectivity index (χ1n) is 29.0. The van der Waals surface area contributed by atoms with Gasteiger partial charge >= 0.3 is 0 Å². The lowest BCUT2D eigenvalue weighted by atomic mass is 9.94. The number of rotatable bonds is 16. The Morgan fingerprint density at radius 2 is 0.852 bits per heavy atom. The number of aliphatic hydroxyl groups is 8. The third-order valence-corrected chi connectivity index (χ3v) is 21.8. The molecule has 4 saturated heterocycles. The predicted octanol–water partition coefficient (Wildman–Crippen LogP) is 2.32. The fourth-order valence-corrected chi connectivity index (χ4v) is 14.3. The van der Waals surface area contributed by atoms with Crippen LogP contribution in [0.25, 0.3) is 0 Å². The lowest BCUT2D eigenvalue weighted by Crippen LogP contribution is -2.51. The van der Waals surface area contributed by atoms with Gasteiger partial charge < -0.3 is 102 Å². The topological polar surface area (TPSA) is 365 Å². The molecule has 0 bridgehead atoms. The highest BCUT2D eigenvalue weighted by Gasteiger charge is 2.57. The molecule has 0 aromatic rings. The molecular weight excluding hydrogens is 1200 g/mol. The molecule has 24 nitrogen and oxygen atoms in total. The van der Waals surface area contributed by atoms with Gasteiger partial charge in [0.2, 0.25) is 0 Å². The number of ether oxygens (including phenoxy) is 4. The van der Waals surface area contributed by atoms with Crippen molar-refractivity contribution in [3.63, 3.8) is 0 Å². The molecule has 8 aliphatic heterocycles. The molecule has 16 atom stereocenters. The zero-order chi connectivity index (χ0) is 66.8. The van der Waals surface area contributed by atoms with E-state index in [1.165, 1.54) is 0 Å². The Kier molecular flexibility index (Phi) is 24.3. The van der Waals surface area contributed by atoms with Crippen LogP contribution in [-0.2, 0) is 18.9 Å². The summed E-state index contributed by atoms with van der Waals surface area (Å²) in [7, 11) is 0. The van der Waals surface area contributed by atoms with Crippen LogP contribution in [-0.4, -0.2) is 284 Å². The Bertz CT molecular complexity index is 2960. The quantitative estimate of drug-likeness (QED) is 0.0987. The Morgan fingerprint density at radius 3 is 1.23 bits per heavy atom. The Balaban J connectivity index is 0.000000214. The molecule has 8 rings (SSSR count). The van der Waals surface area contributed by atoms with E-state index in [0.29, 0.717) is 72.3 Å². The van der Waals surface area contributed by atoms with E-state index in [4.69, 9.17) is 41.9 Å². The van der Waals surface area contributed by atoms with Crippen molar-refractivity contribution in [2.45, 2.75) is 150 Å². The molecule has 0 saturated carbocycles. The largest absolute Gasteiger partial charge is 0.388 e. The summed E-state index contributed by atoms with van der Waals surface area (Å²) >= 11 is 0. The summed E-state index contributed by atoms with van der Waals surface area (Å²) in [6.07, 6.45) is 24.3. The van der Waals surface area contributed by atoms with Gasteiger partial charge in [0.15, 0.2) is 24.9 Å². The van der Waals surface area contributed by atoms with E-state index in [2.05, 4.69) is 125 Å². The van der Waals surface area contributed by atoms with Gasteiger partial charge in [-0.1, -0.05) is 26.3 Å². The van der Waals surface area contributed by atoms with Gasteiger partial charge in [0, 0.05) is 30.4 Å². The van der Waals surface area contributed by atoms with Gasteiger partial charge in [-0.2, -0.15) is 0 Å². The molecule has 88 heavy (non-hydrogen) atoms. The van der Waals surface area contributed by atoms with Crippen molar-refractivity contribution in [1.82, 2.24) is 19.6 Å². The maximum absolute atomic E-state index is 10.7. The van der Waals surface area contributed by atoms with Crippen molar-refractivity contribution in [3.05, 3.63) is 98.2 Å². The second kappa shape index (κ2) is 28.7. The molecule has 8 heterocycles. The number of nitrogens with two attached hydrogens (primary N) is 4. The summed E-state index contributed by atoms with van der Waals surface area (Å²) in [5.74, 6) is 2.97. The molecular formula is C60H104N12O12P4. The third kappa shape index (κ3) is 19.2. The van der Waals surface area contributed by atoms with Crippen molar-refractivity contribution < 1.29 is 59.8 Å². The molecule has 4 fully saturated rings. The fraction of sp³-hybridized carbons (Fsp3) is 0.600. The molecule has 0 unspecified atom stereocenters. The monoisotopic (exact) mass is 1310 g/mol. The Hall–Kier alpha value is -4.28. The van der Waals surface area contributed by atoms with Crippen LogP contribution < -0.4 is 22.9 Å². The summed E-state index contributed by atoms with van der Waals surface area (Å²) in [4.78, 5) is 22.8. The molecule has 0 amide bonds. The maximum atomic E-state index is 10.7. The van der Waals surface area contributed by atoms with E-state index < -0.39 is 124 Å². The molecule has 28 heteroatoms. The van der Waals surface area contributed by atoms with Crippen molar-refractivity contribution in [3.8, 4) is 0 Å². The van der Waals surface area contributed by atoms with Crippen LogP contribution >= 0.6 is 27.5 Å². The number of nitrogens with zero attached hydrogens (tertiary/aromatic N) is 8. The van der Waals surface area contributed by atoms with E-state index >= 15 is 0 Å². The van der Waals surface area contributed by atoms with Crippen LogP contribution in [0.15, 0.2) is 118 Å². The highest BCUT2D eigenvalue weighted by atomic mass is 31.2. The van der Waals surface area contributed by atoms with Crippen molar-refractivity contribution >= 4 is 76.1 Å². The first-order valence-corrected chi connectivity index (χ1v) is 41.3. The van der Waals surface area contributed by atoms with Gasteiger partial charge in [-0.25, -0.2) is 20.0 Å². The van der Waals surface area contributed by atoms with E-state index in [1.807, 2.05) is 13.8 Å². The first-order chi connectivity index (χ1) is 40.2. The first kappa shape index (κ1) is 74.4. The zero-order valence-electron chi connectivity index (χ0n) is 53.7. The SMILES string of the molecule is C=C1N=C(N)C(C)=CN1[C@@H]1O[C@H](CCP(=C)(C)C)[C@@H](O)[C@H]1O.C=C1N=C(N)C=CN1[C@@H]1O[C@H](CCP(=C)(C)C)[C@@H](O)[C@@]1(C)O.C=C1N=C(N)C=CN1[C@@H]1O[C@H](CCP(=C)(C)C)[C@@H](O)[C@]1(C)O.C=C1N=C(N)C=CN1[C@@H]1O[C@](C)(CCP(=C)(C)C)[C@@H](O)[C@H]1O. The Morgan fingerprint density at radius 1 is 0.489 bits per heavy atom. The van der Waals surface area contributed by atoms with Crippen LogP contribution in [0.5, 0.6) is 0 Å². The Labute approximate surface area is 522 Å². The molecule has 0 aromatic heterocycles. The van der Waals surface area contributed by atoms with Crippen LogP contribution in [0.1, 0.15) is 53.4 Å². The van der Waals surface area contributed by atoms with Crippen molar-refractivity contribution in [2.75, 3.05) is 78.0 Å². The summed E-state index contributed by atoms with van der Waals surface area (Å²) in [6, 6.07) is 0. The minimum Gasteiger partial charge on any atom is -0.388 e. The lowest BCUT2D eigenvalue weighted by Gasteiger charge is -2.35. The summed E-state index contributed by atoms with van der Waals surface area (Å²) in [5.41, 5.74) is 19.7. The van der Waals surface area contributed by atoms with Crippen LogP contribution in [0.3, 0.4) is 0 Å². The van der Waals surface area contributed by atoms with Gasteiger partial charge in [0.1, 0.15) is 94.5 Å². The molecule has 0 aliphatic carbocycles. The number of hydrogen-bond donors (Lipinski definition) is 12. The van der Waals surface area contributed by atoms with E-state index in [9.17, 15) is 40.9 Å². The van der Waals surface area contributed by atoms with Crippen LogP contribution in [0, 0.1) is 0 Å². The molecule has 0 radical (unpaired) electrons. The number of aliphatic hydroxyl groups excluding tert-OH is 6. The van der Waals surface area contributed by atoms with Crippen molar-refractivity contribution in [2.24, 2.45) is 42.9 Å². The standard InChI is InChI=1S/4C15H26N3O3P/c2*1-10-17-12(16)6-8-18(10)14-15(2,20)13(19)11(21-14)7-9-22(3,4)5;1-10-17-11(16)6-8-18(10)14-12(19)13(20)15(2,21-14)7-9-22(3,4)5;1-9-8-18(10(2)17-14(9)16)15-13(20)12(19)11(21-15)6-7-22(3,4)5/h2*6,8,11,13-14,19-20H,1,3,7,9H2,2,4-5H3,(H2,16,17);6,8,12-14,19-20H,1,3,7,9H2,2,4-5H3,(H2,16,17);8,11-13,15,19-20H,2-3,6-7H2,1,4-5H3,(H2,16,17)/t11-,13-,14-,15+;11-,13-,14-,15-;12-,13+,14-,15-;11-,12-,13-,15-/m1111/s1. The zero-order valence-corrected chi connectivity index (χ0v) is 57.3. The highest BCUT2D eigenvalue weighted by molar-refractivity contribution is 7.73. The van der Waals surface area contributed by atoms with Gasteiger partial charge in [0.25, 0.3) is 0 Å². The predicted molar refractivity (Wildman–Crippen MR) is 370 cm³/mol. The molecule has 0 spiro atoms. The van der Waals surface area contributed by atoms with E-state index in [0.717, 1.165) is 30.2 Å². The second-order valence-corrected chi connectivity index (χ2v) is 44.4. The summed E-state index contributed by atoms with van der Waals surface area (Å²) in [6.45, 7) is 34.3. The molecule has 16 N–H and O–H groups in total. The average Bonchev–Trinajstić information content (AvgIpc) is 2.22. The van der Waals surface area contributed by atoms with Gasteiger partial charge in [0.05, 0.1) is 23.9 Å². The summed E-state index contributed by atoms with van der Waals surface area (Å²) in [5, 5.41) is 83.6. The number of hydrogen-bond acceptors (Lipinski definition) is 24. The maximum Gasteiger partial charge on any atom is 0.166 e. The molecule has 496 valence electrons. The van der Waals surface area contributed by atoms with E-state index in [1.54, 1.807) is 76.5 Å². The van der Waals surface area contributed by atoms with Gasteiger partial charge in [-0.05, 0) is 150 Å². The number of amidine groups is 4. The highest BCUT2D eigenvalue weighted by Crippen LogP contribution is 2.46. The van der Waals surface area contributed by atoms with Gasteiger partial charge in [-0.15, -0.1) is 52.7 Å². The minimum atomic E-state index is -1.43. The van der Waals surface area contributed by atoms with Crippen molar-refractivity contribution in [1.29, 1.82) is 0 Å². The molecule has 0 aromatic carbocycles. The minimum absolute atomic E-state index is 0.347. The summed E-state index contributed by atoms with van der Waals surface area (Å²) < 4.78 is 23.7. The smallest absolute Gasteiger partial charge is 0.166 e. The van der Waals surface area contributed by atoms with E-state index in [-0.39, 0.29) is 0 Å². The fourth-order valence-electron chi connectivity index (χ4n) is 10.4.